The predicted octanol–water partition coefficient (Wildman–Crippen LogP) is 3.68. The molecule has 0 N–H and O–H groups in total. The van der Waals surface area contributed by atoms with Crippen LogP contribution >= 0.6 is 23.2 Å². The van der Waals surface area contributed by atoms with Crippen LogP contribution in [0.15, 0.2) is 42.5 Å². The lowest BCUT2D eigenvalue weighted by Gasteiger charge is -2.34. The maximum atomic E-state index is 12.8. The van der Waals surface area contributed by atoms with Crippen molar-refractivity contribution in [1.29, 1.82) is 0 Å². The zero-order valence-corrected chi connectivity index (χ0v) is 16.3. The molecule has 1 heterocycles. The summed E-state index contributed by atoms with van der Waals surface area (Å²) in [6.45, 7) is 1.68. The van der Waals surface area contributed by atoms with Crippen molar-refractivity contribution in [3.8, 4) is 5.75 Å². The van der Waals surface area contributed by atoms with E-state index in [1.54, 1.807) is 19.1 Å². The van der Waals surface area contributed by atoms with E-state index in [1.165, 1.54) is 10.4 Å². The zero-order chi connectivity index (χ0) is 18.9. The number of fused-ring (bicyclic) bond motifs is 1. The summed E-state index contributed by atoms with van der Waals surface area (Å²) in [5.41, 5.74) is 1.81. The van der Waals surface area contributed by atoms with E-state index in [0.29, 0.717) is 0 Å². The van der Waals surface area contributed by atoms with Gasteiger partial charge in [-0.1, -0.05) is 53.5 Å². The lowest BCUT2D eigenvalue weighted by molar-refractivity contribution is -0.139. The minimum absolute atomic E-state index is 0.100. The number of esters is 1. The molecule has 26 heavy (non-hydrogen) atoms. The first-order valence-electron chi connectivity index (χ1n) is 8.05. The molecule has 0 unspecified atom stereocenters. The van der Waals surface area contributed by atoms with Gasteiger partial charge in [0, 0.05) is 13.0 Å². The number of hydrogen-bond acceptors (Lipinski definition) is 4. The van der Waals surface area contributed by atoms with E-state index < -0.39 is 22.0 Å². The molecule has 0 saturated carbocycles. The van der Waals surface area contributed by atoms with E-state index >= 15 is 0 Å². The van der Waals surface area contributed by atoms with Gasteiger partial charge in [-0.05, 0) is 30.2 Å². The van der Waals surface area contributed by atoms with Crippen molar-refractivity contribution in [3.63, 3.8) is 0 Å². The molecular formula is C18H17Cl2NO4S. The molecule has 0 saturated heterocycles. The lowest BCUT2D eigenvalue weighted by Crippen LogP contribution is -2.50. The Morgan fingerprint density at radius 2 is 1.85 bits per heavy atom. The van der Waals surface area contributed by atoms with Gasteiger partial charge in [0.05, 0.1) is 10.8 Å². The Morgan fingerprint density at radius 1 is 1.15 bits per heavy atom. The number of hydrogen-bond donors (Lipinski definition) is 0. The highest BCUT2D eigenvalue weighted by atomic mass is 35.5. The van der Waals surface area contributed by atoms with Crippen molar-refractivity contribution in [1.82, 2.24) is 4.31 Å². The van der Waals surface area contributed by atoms with Crippen molar-refractivity contribution in [2.75, 3.05) is 5.75 Å². The van der Waals surface area contributed by atoms with Gasteiger partial charge in [-0.3, -0.25) is 0 Å². The standard InChI is InChI=1S/C18H17Cl2NO4S/c1-2-26(23,24)21-11-13-7-4-3-6-12(13)10-15(21)18(22)25-16-9-5-8-14(19)17(16)20/h3-9,15H,2,10-11H2,1H3/t15-/m0/s1. The molecule has 3 rings (SSSR count). The molecule has 138 valence electrons. The van der Waals surface area contributed by atoms with Crippen molar-refractivity contribution >= 4 is 39.2 Å². The monoisotopic (exact) mass is 413 g/mol. The van der Waals surface area contributed by atoms with Gasteiger partial charge in [0.2, 0.25) is 10.0 Å². The molecule has 0 fully saturated rings. The maximum absolute atomic E-state index is 12.8. The molecule has 1 atom stereocenters. The van der Waals surface area contributed by atoms with Gasteiger partial charge in [-0.15, -0.1) is 0 Å². The molecule has 8 heteroatoms. The second kappa shape index (κ2) is 7.56. The van der Waals surface area contributed by atoms with Crippen molar-refractivity contribution in [2.24, 2.45) is 0 Å². The van der Waals surface area contributed by atoms with E-state index in [9.17, 15) is 13.2 Å². The quantitative estimate of drug-likeness (QED) is 0.566. The Bertz CT molecular complexity index is 946. The summed E-state index contributed by atoms with van der Waals surface area (Å²) in [5.74, 6) is -0.672. The fourth-order valence-corrected chi connectivity index (χ4v) is 4.44. The summed E-state index contributed by atoms with van der Waals surface area (Å²) < 4.78 is 31.6. The third-order valence-electron chi connectivity index (χ3n) is 4.33. The first kappa shape index (κ1) is 19.2. The molecule has 0 radical (unpaired) electrons. The SMILES string of the molecule is CCS(=O)(=O)N1Cc2ccccc2C[C@H]1C(=O)Oc1cccc(Cl)c1Cl. The minimum atomic E-state index is -3.60. The van der Waals surface area contributed by atoms with Crippen LogP contribution in [-0.2, 0) is 27.8 Å². The normalized spacial score (nSPS) is 17.6. The van der Waals surface area contributed by atoms with Gasteiger partial charge in [-0.2, -0.15) is 4.31 Å². The number of carbonyl (C=O) groups is 1. The van der Waals surface area contributed by atoms with Gasteiger partial charge >= 0.3 is 5.97 Å². The molecule has 5 nitrogen and oxygen atoms in total. The van der Waals surface area contributed by atoms with Crippen LogP contribution in [0.5, 0.6) is 5.75 Å². The van der Waals surface area contributed by atoms with Gasteiger partial charge in [0.25, 0.3) is 0 Å². The highest BCUT2D eigenvalue weighted by molar-refractivity contribution is 7.89. The van der Waals surface area contributed by atoms with Crippen LogP contribution in [0.2, 0.25) is 10.0 Å². The first-order chi connectivity index (χ1) is 12.3. The summed E-state index contributed by atoms with van der Waals surface area (Å²) in [6, 6.07) is 11.2. The second-order valence-electron chi connectivity index (χ2n) is 5.91. The van der Waals surface area contributed by atoms with Crippen molar-refractivity contribution < 1.29 is 17.9 Å². The van der Waals surface area contributed by atoms with Gasteiger partial charge < -0.3 is 4.74 Å². The number of ether oxygens (including phenoxy) is 1. The fraction of sp³-hybridized carbons (Fsp3) is 0.278. The molecule has 1 aliphatic rings. The van der Waals surface area contributed by atoms with Crippen LogP contribution in [0.25, 0.3) is 0 Å². The Hall–Kier alpha value is -1.60. The average Bonchev–Trinajstić information content (AvgIpc) is 2.64. The van der Waals surface area contributed by atoms with E-state index in [1.807, 2.05) is 24.3 Å². The second-order valence-corrected chi connectivity index (χ2v) is 8.90. The molecule has 0 spiro atoms. The van der Waals surface area contributed by atoms with Crippen molar-refractivity contribution in [3.05, 3.63) is 63.6 Å². The summed E-state index contributed by atoms with van der Waals surface area (Å²) in [4.78, 5) is 12.8. The average molecular weight is 414 g/mol. The third kappa shape index (κ3) is 3.74. The topological polar surface area (TPSA) is 63.7 Å². The summed E-state index contributed by atoms with van der Waals surface area (Å²) >= 11 is 12.0. The zero-order valence-electron chi connectivity index (χ0n) is 14.0. The number of halogens is 2. The fourth-order valence-electron chi connectivity index (χ4n) is 2.90. The summed E-state index contributed by atoms with van der Waals surface area (Å²) in [5, 5.41) is 0.368. The predicted molar refractivity (Wildman–Crippen MR) is 101 cm³/mol. The Balaban J connectivity index is 1.94. The van der Waals surface area contributed by atoms with Crippen molar-refractivity contribution in [2.45, 2.75) is 25.9 Å². The number of rotatable bonds is 4. The van der Waals surface area contributed by atoms with Gasteiger partial charge in [0.15, 0.2) is 5.75 Å². The maximum Gasteiger partial charge on any atom is 0.330 e. The van der Waals surface area contributed by atoms with Crippen LogP contribution in [0.4, 0.5) is 0 Å². The van der Waals surface area contributed by atoms with Crippen LogP contribution < -0.4 is 4.74 Å². The molecule has 0 bridgehead atoms. The molecule has 1 aliphatic heterocycles. The Kier molecular flexibility index (Phi) is 5.58. The molecule has 0 aromatic heterocycles. The van der Waals surface area contributed by atoms with E-state index in [4.69, 9.17) is 27.9 Å². The smallest absolute Gasteiger partial charge is 0.330 e. The van der Waals surface area contributed by atoms with E-state index in [-0.39, 0.29) is 34.5 Å². The van der Waals surface area contributed by atoms with Gasteiger partial charge in [0.1, 0.15) is 11.1 Å². The van der Waals surface area contributed by atoms with E-state index in [2.05, 4.69) is 0 Å². The minimum Gasteiger partial charge on any atom is -0.424 e. The molecule has 2 aromatic carbocycles. The first-order valence-corrected chi connectivity index (χ1v) is 10.4. The van der Waals surface area contributed by atoms with Crippen LogP contribution in [0, 0.1) is 0 Å². The summed E-state index contributed by atoms with van der Waals surface area (Å²) in [6.07, 6.45) is 0.242. The largest absolute Gasteiger partial charge is 0.424 e. The van der Waals surface area contributed by atoms with Crippen LogP contribution in [0.1, 0.15) is 18.1 Å². The Labute approximate surface area is 162 Å². The van der Waals surface area contributed by atoms with Crippen LogP contribution in [-0.4, -0.2) is 30.5 Å². The lowest BCUT2D eigenvalue weighted by atomic mass is 9.96. The van der Waals surface area contributed by atoms with E-state index in [0.717, 1.165) is 11.1 Å². The third-order valence-corrected chi connectivity index (χ3v) is 6.96. The highest BCUT2D eigenvalue weighted by Gasteiger charge is 2.39. The molecule has 0 amide bonds. The summed E-state index contributed by atoms with van der Waals surface area (Å²) in [7, 11) is -3.60. The molecular weight excluding hydrogens is 397 g/mol. The number of benzene rings is 2. The van der Waals surface area contributed by atoms with Crippen LogP contribution in [0.3, 0.4) is 0 Å². The molecule has 2 aromatic rings. The number of carbonyl (C=O) groups excluding carboxylic acids is 1. The number of sulfonamides is 1. The molecule has 0 aliphatic carbocycles. The van der Waals surface area contributed by atoms with Gasteiger partial charge in [-0.25, -0.2) is 13.2 Å². The number of nitrogens with zero attached hydrogens (tertiary/aromatic N) is 1. The Morgan fingerprint density at radius 3 is 2.54 bits per heavy atom. The highest BCUT2D eigenvalue weighted by Crippen LogP contribution is 2.33.